The molecular weight excluding hydrogens is 308 g/mol. The van der Waals surface area contributed by atoms with Crippen molar-refractivity contribution in [3.8, 4) is 22.5 Å². The van der Waals surface area contributed by atoms with Crippen LogP contribution in [0.4, 0.5) is 5.69 Å². The quantitative estimate of drug-likeness (QED) is 0.616. The summed E-state index contributed by atoms with van der Waals surface area (Å²) < 4.78 is 2.03. The fraction of sp³-hybridized carbons (Fsp3) is 0.333. The average molecular weight is 334 g/mol. The highest BCUT2D eigenvalue weighted by atomic mass is 15.4. The predicted molar refractivity (Wildman–Crippen MR) is 105 cm³/mol. The third kappa shape index (κ3) is 2.93. The Balaban J connectivity index is 0.000000880. The Bertz CT molecular complexity index is 864. The molecule has 1 aliphatic heterocycles. The van der Waals surface area contributed by atoms with E-state index in [-0.39, 0.29) is 6.04 Å². The molecule has 1 aliphatic rings. The van der Waals surface area contributed by atoms with Crippen LogP contribution in [0.1, 0.15) is 39.3 Å². The lowest BCUT2D eigenvalue weighted by atomic mass is 9.96. The second-order valence-corrected chi connectivity index (χ2v) is 6.36. The van der Waals surface area contributed by atoms with E-state index < -0.39 is 0 Å². The lowest BCUT2D eigenvalue weighted by Gasteiger charge is -2.27. The zero-order chi connectivity index (χ0) is 18.0. The molecule has 25 heavy (non-hydrogen) atoms. The summed E-state index contributed by atoms with van der Waals surface area (Å²) in [5.74, 6) is 0. The van der Waals surface area contributed by atoms with E-state index in [4.69, 9.17) is 0 Å². The number of nitrogens with zero attached hydrogens (tertiary/aromatic N) is 4. The summed E-state index contributed by atoms with van der Waals surface area (Å²) in [6.07, 6.45) is 0. The van der Waals surface area contributed by atoms with Crippen molar-refractivity contribution in [2.24, 2.45) is 0 Å². The van der Waals surface area contributed by atoms with Gasteiger partial charge in [-0.05, 0) is 25.5 Å². The van der Waals surface area contributed by atoms with Gasteiger partial charge < -0.3 is 4.90 Å². The monoisotopic (exact) mass is 334 g/mol. The molecular formula is C21H26N4. The van der Waals surface area contributed by atoms with E-state index in [0.717, 1.165) is 17.9 Å². The fourth-order valence-electron chi connectivity index (χ4n) is 3.32. The van der Waals surface area contributed by atoms with Gasteiger partial charge in [-0.25, -0.2) is 4.68 Å². The molecule has 0 unspecified atom stereocenters. The number of rotatable bonds is 1. The van der Waals surface area contributed by atoms with Crippen molar-refractivity contribution in [2.45, 2.75) is 40.3 Å². The molecule has 2 aromatic carbocycles. The SMILES string of the molecule is CC.CC(C)n1nnc2c1-c1ccccc1N(C)Cc1ccccc1-2. The van der Waals surface area contributed by atoms with E-state index in [1.54, 1.807) is 0 Å². The first-order chi connectivity index (χ1) is 12.2. The maximum absolute atomic E-state index is 4.54. The first-order valence-corrected chi connectivity index (χ1v) is 9.01. The Morgan fingerprint density at radius 2 is 1.56 bits per heavy atom. The Labute approximate surface area is 150 Å². The molecule has 4 heteroatoms. The number of anilines is 1. The minimum absolute atomic E-state index is 0.260. The van der Waals surface area contributed by atoms with Crippen molar-refractivity contribution in [2.75, 3.05) is 11.9 Å². The number of para-hydroxylation sites is 1. The Kier molecular flexibility index (Phi) is 4.88. The molecule has 3 aromatic rings. The van der Waals surface area contributed by atoms with E-state index in [1.807, 2.05) is 18.5 Å². The van der Waals surface area contributed by atoms with Crippen LogP contribution in [0.5, 0.6) is 0 Å². The van der Waals surface area contributed by atoms with Crippen LogP contribution in [0, 0.1) is 0 Å². The fourth-order valence-corrected chi connectivity index (χ4v) is 3.32. The average Bonchev–Trinajstić information content (AvgIpc) is 3.07. The molecule has 0 amide bonds. The normalized spacial score (nSPS) is 12.3. The van der Waals surface area contributed by atoms with Gasteiger partial charge in [-0.3, -0.25) is 0 Å². The molecule has 0 aliphatic carbocycles. The summed E-state index contributed by atoms with van der Waals surface area (Å²) >= 11 is 0. The standard InChI is InChI=1S/C19H20N4.C2H6/c1-13(2)23-19-16-10-6-7-11-17(16)22(3)12-14-8-4-5-9-15(14)18(19)20-21-23;1-2/h4-11,13H,12H2,1-3H3;1-2H3. The van der Waals surface area contributed by atoms with Gasteiger partial charge in [-0.2, -0.15) is 0 Å². The molecule has 0 bridgehead atoms. The molecule has 4 rings (SSSR count). The first kappa shape index (κ1) is 17.2. The molecule has 0 spiro atoms. The summed E-state index contributed by atoms with van der Waals surface area (Å²) in [5.41, 5.74) is 6.95. The summed E-state index contributed by atoms with van der Waals surface area (Å²) in [4.78, 5) is 2.30. The van der Waals surface area contributed by atoms with Crippen molar-refractivity contribution in [1.82, 2.24) is 15.0 Å². The maximum atomic E-state index is 4.54. The maximum Gasteiger partial charge on any atom is 0.121 e. The molecule has 4 nitrogen and oxygen atoms in total. The summed E-state index contributed by atoms with van der Waals surface area (Å²) in [7, 11) is 2.14. The van der Waals surface area contributed by atoms with Crippen LogP contribution in [0.2, 0.25) is 0 Å². The van der Waals surface area contributed by atoms with Crippen LogP contribution in [-0.4, -0.2) is 22.0 Å². The molecule has 130 valence electrons. The molecule has 0 fully saturated rings. The lowest BCUT2D eigenvalue weighted by Crippen LogP contribution is -2.20. The van der Waals surface area contributed by atoms with Crippen LogP contribution in [0.15, 0.2) is 48.5 Å². The van der Waals surface area contributed by atoms with Crippen molar-refractivity contribution < 1.29 is 0 Å². The molecule has 0 radical (unpaired) electrons. The van der Waals surface area contributed by atoms with Gasteiger partial charge in [0.2, 0.25) is 0 Å². The molecule has 0 N–H and O–H groups in total. The summed E-state index contributed by atoms with van der Waals surface area (Å²) in [6, 6.07) is 17.3. The van der Waals surface area contributed by atoms with Gasteiger partial charge in [0.25, 0.3) is 0 Å². The molecule has 0 saturated carbocycles. The zero-order valence-corrected chi connectivity index (χ0v) is 15.7. The van der Waals surface area contributed by atoms with Crippen LogP contribution >= 0.6 is 0 Å². The van der Waals surface area contributed by atoms with E-state index in [2.05, 4.69) is 84.6 Å². The van der Waals surface area contributed by atoms with E-state index >= 15 is 0 Å². The largest absolute Gasteiger partial charge is 0.370 e. The number of hydrogen-bond donors (Lipinski definition) is 0. The van der Waals surface area contributed by atoms with Gasteiger partial charge in [0.1, 0.15) is 5.69 Å². The van der Waals surface area contributed by atoms with Gasteiger partial charge in [-0.1, -0.05) is 61.5 Å². The van der Waals surface area contributed by atoms with Crippen LogP contribution < -0.4 is 4.90 Å². The number of benzene rings is 2. The molecule has 2 heterocycles. The van der Waals surface area contributed by atoms with Gasteiger partial charge in [0.05, 0.1) is 5.69 Å². The predicted octanol–water partition coefficient (Wildman–Crippen LogP) is 5.17. The first-order valence-electron chi connectivity index (χ1n) is 9.01. The van der Waals surface area contributed by atoms with Gasteiger partial charge >= 0.3 is 0 Å². The highest BCUT2D eigenvalue weighted by Crippen LogP contribution is 2.41. The summed E-state index contributed by atoms with van der Waals surface area (Å²) in [6.45, 7) is 9.15. The van der Waals surface area contributed by atoms with E-state index in [9.17, 15) is 0 Å². The smallest absolute Gasteiger partial charge is 0.121 e. The minimum atomic E-state index is 0.260. The Morgan fingerprint density at radius 3 is 2.28 bits per heavy atom. The van der Waals surface area contributed by atoms with Crippen molar-refractivity contribution in [3.63, 3.8) is 0 Å². The van der Waals surface area contributed by atoms with Crippen molar-refractivity contribution in [1.29, 1.82) is 0 Å². The second-order valence-electron chi connectivity index (χ2n) is 6.36. The number of hydrogen-bond acceptors (Lipinski definition) is 3. The van der Waals surface area contributed by atoms with Crippen molar-refractivity contribution >= 4 is 5.69 Å². The summed E-state index contributed by atoms with van der Waals surface area (Å²) in [5, 5.41) is 8.99. The van der Waals surface area contributed by atoms with Crippen molar-refractivity contribution in [3.05, 3.63) is 54.1 Å². The lowest BCUT2D eigenvalue weighted by molar-refractivity contribution is 0.519. The molecule has 1 aromatic heterocycles. The zero-order valence-electron chi connectivity index (χ0n) is 15.7. The third-order valence-corrected chi connectivity index (χ3v) is 4.43. The van der Waals surface area contributed by atoms with E-state index in [1.165, 1.54) is 22.4 Å². The minimum Gasteiger partial charge on any atom is -0.370 e. The van der Waals surface area contributed by atoms with Crippen LogP contribution in [0.3, 0.4) is 0 Å². The van der Waals surface area contributed by atoms with Gasteiger partial charge in [0.15, 0.2) is 0 Å². The topological polar surface area (TPSA) is 34.0 Å². The second kappa shape index (κ2) is 7.09. The molecule has 0 atom stereocenters. The highest BCUT2D eigenvalue weighted by molar-refractivity contribution is 5.88. The van der Waals surface area contributed by atoms with E-state index in [0.29, 0.717) is 0 Å². The van der Waals surface area contributed by atoms with Gasteiger partial charge in [-0.15, -0.1) is 5.10 Å². The third-order valence-electron chi connectivity index (χ3n) is 4.43. The Morgan fingerprint density at radius 1 is 0.920 bits per heavy atom. The Hall–Kier alpha value is -2.62. The molecule has 0 saturated heterocycles. The number of fused-ring (bicyclic) bond motifs is 5. The highest BCUT2D eigenvalue weighted by Gasteiger charge is 2.25. The number of aromatic nitrogens is 3. The van der Waals surface area contributed by atoms with Gasteiger partial charge in [0, 0.05) is 36.4 Å². The van der Waals surface area contributed by atoms with Crippen LogP contribution in [-0.2, 0) is 6.54 Å². The van der Waals surface area contributed by atoms with Crippen LogP contribution in [0.25, 0.3) is 22.5 Å².